The van der Waals surface area contributed by atoms with Crippen molar-refractivity contribution in [2.24, 2.45) is 17.6 Å². The predicted molar refractivity (Wildman–Crippen MR) is 76.9 cm³/mol. The van der Waals surface area contributed by atoms with Crippen LogP contribution in [-0.2, 0) is 6.54 Å². The molecule has 3 N–H and O–H groups in total. The monoisotopic (exact) mass is 265 g/mol. The van der Waals surface area contributed by atoms with Gasteiger partial charge in [0.05, 0.1) is 4.92 Å². The molecule has 0 aromatic heterocycles. The number of hydrogen-bond donors (Lipinski definition) is 2. The van der Waals surface area contributed by atoms with E-state index in [1.807, 2.05) is 6.07 Å². The highest BCUT2D eigenvalue weighted by molar-refractivity contribution is 5.44. The van der Waals surface area contributed by atoms with Crippen molar-refractivity contribution >= 4 is 5.69 Å². The Bertz CT molecular complexity index is 433. The van der Waals surface area contributed by atoms with E-state index in [9.17, 15) is 10.1 Å². The Morgan fingerprint density at radius 2 is 2.11 bits per heavy atom. The van der Waals surface area contributed by atoms with E-state index >= 15 is 0 Å². The van der Waals surface area contributed by atoms with Crippen molar-refractivity contribution in [1.29, 1.82) is 0 Å². The molecule has 5 nitrogen and oxygen atoms in total. The molecule has 0 saturated carbocycles. The van der Waals surface area contributed by atoms with Crippen LogP contribution in [0.1, 0.15) is 25.0 Å². The number of hydrogen-bond acceptors (Lipinski definition) is 4. The molecule has 0 amide bonds. The Morgan fingerprint density at radius 3 is 2.63 bits per heavy atom. The fourth-order valence-electron chi connectivity index (χ4n) is 2.04. The van der Waals surface area contributed by atoms with Crippen LogP contribution in [0, 0.1) is 28.9 Å². The molecular formula is C14H23N3O2. The van der Waals surface area contributed by atoms with Crippen molar-refractivity contribution in [1.82, 2.24) is 5.32 Å². The van der Waals surface area contributed by atoms with Gasteiger partial charge in [-0.15, -0.1) is 0 Å². The van der Waals surface area contributed by atoms with E-state index in [-0.39, 0.29) is 10.6 Å². The molecule has 1 unspecified atom stereocenters. The molecule has 0 saturated heterocycles. The van der Waals surface area contributed by atoms with E-state index in [4.69, 9.17) is 5.73 Å². The number of rotatable bonds is 7. The fourth-order valence-corrected chi connectivity index (χ4v) is 2.04. The minimum atomic E-state index is -0.338. The highest BCUT2D eigenvalue weighted by Crippen LogP contribution is 2.21. The van der Waals surface area contributed by atoms with Crippen molar-refractivity contribution in [3.05, 3.63) is 39.4 Å². The van der Waals surface area contributed by atoms with Crippen LogP contribution < -0.4 is 11.1 Å². The number of nitrogens with zero attached hydrogens (tertiary/aromatic N) is 1. The quantitative estimate of drug-likeness (QED) is 0.585. The van der Waals surface area contributed by atoms with Gasteiger partial charge in [0.1, 0.15) is 0 Å². The van der Waals surface area contributed by atoms with E-state index in [1.165, 1.54) is 6.07 Å². The van der Waals surface area contributed by atoms with Gasteiger partial charge in [0.15, 0.2) is 0 Å². The standard InChI is InChI=1S/C14H23N3O2/c1-10(2)13(7-15)9-16-8-12-5-4-6-14(11(12)3)17(18)19/h4-6,10,13,16H,7-9,15H2,1-3H3. The van der Waals surface area contributed by atoms with Crippen LogP contribution in [-0.4, -0.2) is 18.0 Å². The molecule has 0 heterocycles. The highest BCUT2D eigenvalue weighted by atomic mass is 16.6. The van der Waals surface area contributed by atoms with Gasteiger partial charge in [-0.25, -0.2) is 0 Å². The third-order valence-corrected chi connectivity index (χ3v) is 3.58. The first kappa shape index (κ1) is 15.6. The van der Waals surface area contributed by atoms with Crippen LogP contribution in [0.2, 0.25) is 0 Å². The maximum absolute atomic E-state index is 10.9. The topological polar surface area (TPSA) is 81.2 Å². The molecular weight excluding hydrogens is 242 g/mol. The first-order valence-electron chi connectivity index (χ1n) is 6.61. The lowest BCUT2D eigenvalue weighted by Gasteiger charge is -2.19. The second-order valence-corrected chi connectivity index (χ2v) is 5.19. The van der Waals surface area contributed by atoms with Crippen molar-refractivity contribution in [3.63, 3.8) is 0 Å². The zero-order valence-electron chi connectivity index (χ0n) is 11.8. The Hall–Kier alpha value is -1.46. The number of benzene rings is 1. The lowest BCUT2D eigenvalue weighted by Crippen LogP contribution is -2.31. The van der Waals surface area contributed by atoms with E-state index in [1.54, 1.807) is 13.0 Å². The molecule has 106 valence electrons. The largest absolute Gasteiger partial charge is 0.330 e. The summed E-state index contributed by atoms with van der Waals surface area (Å²) < 4.78 is 0. The average Bonchev–Trinajstić information content (AvgIpc) is 2.35. The smallest absolute Gasteiger partial charge is 0.272 e. The Kier molecular flexibility index (Phi) is 5.92. The van der Waals surface area contributed by atoms with Crippen molar-refractivity contribution in [3.8, 4) is 0 Å². The van der Waals surface area contributed by atoms with Gasteiger partial charge in [-0.2, -0.15) is 0 Å². The van der Waals surface area contributed by atoms with Gasteiger partial charge >= 0.3 is 0 Å². The Morgan fingerprint density at radius 1 is 1.42 bits per heavy atom. The molecule has 1 aromatic rings. The summed E-state index contributed by atoms with van der Waals surface area (Å²) >= 11 is 0. The summed E-state index contributed by atoms with van der Waals surface area (Å²) in [5.74, 6) is 0.961. The first-order chi connectivity index (χ1) is 8.97. The molecule has 19 heavy (non-hydrogen) atoms. The van der Waals surface area contributed by atoms with Crippen LogP contribution >= 0.6 is 0 Å². The molecule has 0 aliphatic carbocycles. The average molecular weight is 265 g/mol. The molecule has 5 heteroatoms. The second-order valence-electron chi connectivity index (χ2n) is 5.19. The molecule has 0 spiro atoms. The van der Waals surface area contributed by atoms with Crippen LogP contribution in [0.5, 0.6) is 0 Å². The van der Waals surface area contributed by atoms with Gasteiger partial charge in [0.2, 0.25) is 0 Å². The highest BCUT2D eigenvalue weighted by Gasteiger charge is 2.14. The molecule has 1 aromatic carbocycles. The molecule has 0 aliphatic heterocycles. The maximum Gasteiger partial charge on any atom is 0.272 e. The third-order valence-electron chi connectivity index (χ3n) is 3.58. The molecule has 1 atom stereocenters. The van der Waals surface area contributed by atoms with Crippen molar-refractivity contribution in [2.75, 3.05) is 13.1 Å². The lowest BCUT2D eigenvalue weighted by atomic mass is 9.96. The number of nitro benzene ring substituents is 1. The predicted octanol–water partition coefficient (Wildman–Crippen LogP) is 2.22. The summed E-state index contributed by atoms with van der Waals surface area (Å²) in [6.07, 6.45) is 0. The Balaban J connectivity index is 2.63. The van der Waals surface area contributed by atoms with E-state index in [0.29, 0.717) is 24.9 Å². The van der Waals surface area contributed by atoms with Crippen LogP contribution in [0.3, 0.4) is 0 Å². The zero-order chi connectivity index (χ0) is 14.4. The van der Waals surface area contributed by atoms with Gasteiger partial charge in [-0.3, -0.25) is 10.1 Å². The summed E-state index contributed by atoms with van der Waals surface area (Å²) in [6, 6.07) is 5.18. The minimum absolute atomic E-state index is 0.179. The SMILES string of the molecule is Cc1c(CNCC(CN)C(C)C)cccc1[N+](=O)[O-]. The summed E-state index contributed by atoms with van der Waals surface area (Å²) in [7, 11) is 0. The lowest BCUT2D eigenvalue weighted by molar-refractivity contribution is -0.385. The molecule has 0 radical (unpaired) electrons. The van der Waals surface area contributed by atoms with Crippen LogP contribution in [0.15, 0.2) is 18.2 Å². The van der Waals surface area contributed by atoms with Gasteiger partial charge in [0.25, 0.3) is 5.69 Å². The molecule has 0 aliphatic rings. The van der Waals surface area contributed by atoms with Crippen molar-refractivity contribution in [2.45, 2.75) is 27.3 Å². The van der Waals surface area contributed by atoms with Gasteiger partial charge in [-0.05, 0) is 37.4 Å². The summed E-state index contributed by atoms with van der Waals surface area (Å²) in [6.45, 7) is 8.21. The zero-order valence-corrected chi connectivity index (χ0v) is 11.8. The van der Waals surface area contributed by atoms with Gasteiger partial charge in [-0.1, -0.05) is 26.0 Å². The summed E-state index contributed by atoms with van der Waals surface area (Å²) in [4.78, 5) is 10.5. The number of nitrogens with one attached hydrogen (secondary N) is 1. The molecule has 0 fully saturated rings. The number of nitrogens with two attached hydrogens (primary N) is 1. The van der Waals surface area contributed by atoms with E-state index < -0.39 is 0 Å². The van der Waals surface area contributed by atoms with Crippen LogP contribution in [0.4, 0.5) is 5.69 Å². The van der Waals surface area contributed by atoms with Crippen molar-refractivity contribution < 1.29 is 4.92 Å². The first-order valence-corrected chi connectivity index (χ1v) is 6.61. The molecule has 1 rings (SSSR count). The normalized spacial score (nSPS) is 12.7. The maximum atomic E-state index is 10.9. The van der Waals surface area contributed by atoms with E-state index in [2.05, 4.69) is 19.2 Å². The number of nitro groups is 1. The van der Waals surface area contributed by atoms with Gasteiger partial charge in [0, 0.05) is 18.2 Å². The second kappa shape index (κ2) is 7.21. The summed E-state index contributed by atoms with van der Waals surface area (Å²) in [5.41, 5.74) is 7.59. The third kappa shape index (κ3) is 4.29. The summed E-state index contributed by atoms with van der Waals surface area (Å²) in [5, 5.41) is 14.2. The minimum Gasteiger partial charge on any atom is -0.330 e. The van der Waals surface area contributed by atoms with E-state index in [0.717, 1.165) is 17.7 Å². The fraction of sp³-hybridized carbons (Fsp3) is 0.571. The Labute approximate surface area is 114 Å². The van der Waals surface area contributed by atoms with Gasteiger partial charge < -0.3 is 11.1 Å². The molecule has 0 bridgehead atoms. The van der Waals surface area contributed by atoms with Crippen LogP contribution in [0.25, 0.3) is 0 Å².